The molecule has 2 aliphatic carbocycles. The molecule has 1 saturated heterocycles. The van der Waals surface area contributed by atoms with Crippen LogP contribution < -0.4 is 10.2 Å². The first kappa shape index (κ1) is 35.4. The van der Waals surface area contributed by atoms with Gasteiger partial charge in [0, 0.05) is 49.5 Å². The van der Waals surface area contributed by atoms with Crippen LogP contribution in [-0.2, 0) is 9.59 Å². The second-order valence-electron chi connectivity index (χ2n) is 15.2. The molecule has 11 heteroatoms. The van der Waals surface area contributed by atoms with Gasteiger partial charge in [0.2, 0.25) is 5.91 Å². The van der Waals surface area contributed by atoms with Crippen LogP contribution in [0.15, 0.2) is 40.9 Å². The lowest BCUT2D eigenvalue weighted by molar-refractivity contribution is -0.149. The molecule has 0 spiro atoms. The Balaban J connectivity index is 0.980. The van der Waals surface area contributed by atoms with Crippen molar-refractivity contribution in [1.29, 1.82) is 5.26 Å². The number of unbranched alkanes of at least 4 members (excludes halogenated alkanes) is 2. The molecule has 4 aliphatic rings. The van der Waals surface area contributed by atoms with Crippen molar-refractivity contribution in [3.8, 4) is 17.2 Å². The lowest BCUT2D eigenvalue weighted by Gasteiger charge is -2.40. The zero-order valence-electron chi connectivity index (χ0n) is 30.7. The second-order valence-corrected chi connectivity index (χ2v) is 15.2. The van der Waals surface area contributed by atoms with E-state index in [2.05, 4.69) is 46.6 Å². The predicted octanol–water partition coefficient (Wildman–Crippen LogP) is 6.96. The van der Waals surface area contributed by atoms with Gasteiger partial charge in [-0.25, -0.2) is 0 Å². The van der Waals surface area contributed by atoms with Gasteiger partial charge in [0.25, 0.3) is 17.7 Å². The highest BCUT2D eigenvalue weighted by molar-refractivity contribution is 6.23. The van der Waals surface area contributed by atoms with Gasteiger partial charge in [-0.1, -0.05) is 17.3 Å². The number of imide groups is 2. The number of hydrogen-bond donors (Lipinski definition) is 1. The van der Waals surface area contributed by atoms with Crippen molar-refractivity contribution >= 4 is 35.0 Å². The molecule has 52 heavy (non-hydrogen) atoms. The van der Waals surface area contributed by atoms with Crippen LogP contribution >= 0.6 is 0 Å². The van der Waals surface area contributed by atoms with Crippen molar-refractivity contribution in [2.75, 3.05) is 30.4 Å². The summed E-state index contributed by atoms with van der Waals surface area (Å²) < 4.78 is 5.51. The average Bonchev–Trinajstić information content (AvgIpc) is 3.83. The molecule has 11 nitrogen and oxygen atoms in total. The minimum Gasteiger partial charge on any atom is -0.385 e. The van der Waals surface area contributed by atoms with Crippen molar-refractivity contribution in [3.63, 3.8) is 0 Å². The third kappa shape index (κ3) is 6.48. The molecule has 7 rings (SSSR count). The molecule has 1 unspecified atom stereocenters. The number of carbonyl (C=O) groups is 4. The van der Waals surface area contributed by atoms with E-state index < -0.39 is 23.8 Å². The van der Waals surface area contributed by atoms with Crippen LogP contribution in [0.2, 0.25) is 0 Å². The highest BCUT2D eigenvalue weighted by Gasteiger charge is 2.51. The molecule has 2 saturated carbocycles. The standard InChI is InChI=1S/C41H48N6O5/c1-25-8-9-28(37-26(2)44-52-27(37)3)22-35(25)46(31-13-10-29(11-14-31)41(24-42)18-19-41)21-7-5-6-20-43-30-12-15-32-33(23-30)39(50)47(38(32)49)34-16-17-36(48)45(4)40(34)51/h8-9,12,15,22-23,29,31,34,43H,5-7,10-11,13-14,16-21H2,1-4H3. The molecule has 1 aromatic heterocycles. The van der Waals surface area contributed by atoms with Crippen LogP contribution in [0.1, 0.15) is 108 Å². The van der Waals surface area contributed by atoms with Crippen LogP contribution in [0.3, 0.4) is 0 Å². The molecule has 3 aromatic rings. The molecule has 4 amide bonds. The lowest BCUT2D eigenvalue weighted by atomic mass is 9.76. The predicted molar refractivity (Wildman–Crippen MR) is 197 cm³/mol. The summed E-state index contributed by atoms with van der Waals surface area (Å²) >= 11 is 0. The molecule has 3 heterocycles. The fraction of sp³-hybridized carbons (Fsp3) is 0.512. The Kier molecular flexibility index (Phi) is 9.68. The Bertz CT molecular complexity index is 1930. The van der Waals surface area contributed by atoms with Crippen LogP contribution in [0.5, 0.6) is 0 Å². The van der Waals surface area contributed by atoms with E-state index in [1.807, 2.05) is 13.8 Å². The number of nitrogens with one attached hydrogen (secondary N) is 1. The zero-order chi connectivity index (χ0) is 36.7. The number of aryl methyl sites for hydroxylation is 3. The molecule has 2 aromatic carbocycles. The summed E-state index contributed by atoms with van der Waals surface area (Å²) in [5.41, 5.74) is 6.79. The van der Waals surface area contributed by atoms with E-state index in [1.165, 1.54) is 18.3 Å². The maximum absolute atomic E-state index is 13.3. The smallest absolute Gasteiger partial charge is 0.262 e. The third-order valence-electron chi connectivity index (χ3n) is 12.0. The molecule has 1 N–H and O–H groups in total. The number of piperidine rings is 1. The van der Waals surface area contributed by atoms with Crippen molar-refractivity contribution in [2.24, 2.45) is 11.3 Å². The summed E-state index contributed by atoms with van der Waals surface area (Å²) in [4.78, 5) is 55.9. The summed E-state index contributed by atoms with van der Waals surface area (Å²) in [5.74, 6) is -0.485. The first-order valence-electron chi connectivity index (χ1n) is 18.8. The summed E-state index contributed by atoms with van der Waals surface area (Å²) in [5, 5.41) is 17.5. The van der Waals surface area contributed by atoms with Gasteiger partial charge in [-0.15, -0.1) is 0 Å². The highest BCUT2D eigenvalue weighted by atomic mass is 16.5. The van der Waals surface area contributed by atoms with E-state index in [-0.39, 0.29) is 35.3 Å². The molecular formula is C41H48N6O5. The minimum absolute atomic E-state index is 0.0733. The number of nitriles is 1. The maximum atomic E-state index is 13.3. The Morgan fingerprint density at radius 3 is 2.38 bits per heavy atom. The number of amides is 4. The summed E-state index contributed by atoms with van der Waals surface area (Å²) in [6.45, 7) is 7.77. The van der Waals surface area contributed by atoms with Gasteiger partial charge in [-0.3, -0.25) is 29.0 Å². The first-order valence-corrected chi connectivity index (χ1v) is 18.8. The van der Waals surface area contributed by atoms with Crippen molar-refractivity contribution in [2.45, 2.75) is 103 Å². The van der Waals surface area contributed by atoms with Crippen molar-refractivity contribution < 1.29 is 23.7 Å². The zero-order valence-corrected chi connectivity index (χ0v) is 30.7. The fourth-order valence-electron chi connectivity index (χ4n) is 8.76. The Hall–Kier alpha value is -4.98. The molecule has 3 fully saturated rings. The van der Waals surface area contributed by atoms with E-state index >= 15 is 0 Å². The van der Waals surface area contributed by atoms with Gasteiger partial charge in [0.15, 0.2) is 0 Å². The quantitative estimate of drug-likeness (QED) is 0.157. The number of aromatic nitrogens is 1. The number of fused-ring (bicyclic) bond motifs is 1. The SMILES string of the molecule is Cc1ccc(-c2c(C)noc2C)cc1N(CCCCCNc1ccc2c(c1)C(=O)N(C1CCC(=O)N(C)C1=O)C2=O)C1CCC(C2(C#N)CC2)CC1. The monoisotopic (exact) mass is 704 g/mol. The van der Waals surface area contributed by atoms with Crippen molar-refractivity contribution in [3.05, 3.63) is 64.5 Å². The van der Waals surface area contributed by atoms with E-state index in [1.54, 1.807) is 18.2 Å². The molecule has 0 radical (unpaired) electrons. The molecule has 0 bridgehead atoms. The van der Waals surface area contributed by atoms with Gasteiger partial charge in [0.05, 0.1) is 28.3 Å². The number of nitrogens with zero attached hydrogens (tertiary/aromatic N) is 5. The topological polar surface area (TPSA) is 140 Å². The highest BCUT2D eigenvalue weighted by Crippen LogP contribution is 2.56. The largest absolute Gasteiger partial charge is 0.385 e. The number of hydrogen-bond acceptors (Lipinski definition) is 9. The number of rotatable bonds is 12. The molecular weight excluding hydrogens is 656 g/mol. The van der Waals surface area contributed by atoms with Crippen LogP contribution in [0, 0.1) is 43.4 Å². The van der Waals surface area contributed by atoms with Crippen LogP contribution in [-0.4, -0.2) is 70.8 Å². The van der Waals surface area contributed by atoms with E-state index in [0.717, 1.165) is 102 Å². The molecule has 2 aliphatic heterocycles. The van der Waals surface area contributed by atoms with Crippen LogP contribution in [0.4, 0.5) is 11.4 Å². The Morgan fingerprint density at radius 1 is 0.942 bits per heavy atom. The third-order valence-corrected chi connectivity index (χ3v) is 12.0. The number of benzene rings is 2. The molecule has 272 valence electrons. The maximum Gasteiger partial charge on any atom is 0.262 e. The number of anilines is 2. The normalized spacial score (nSPS) is 22.4. The van der Waals surface area contributed by atoms with Crippen molar-refractivity contribution in [1.82, 2.24) is 15.0 Å². The minimum atomic E-state index is -0.962. The number of likely N-dealkylation sites (N-methyl/N-ethyl adjacent to an activating group) is 1. The summed E-state index contributed by atoms with van der Waals surface area (Å²) in [6, 6.07) is 13.9. The van der Waals surface area contributed by atoms with E-state index in [9.17, 15) is 24.4 Å². The molecule has 1 atom stereocenters. The fourth-order valence-corrected chi connectivity index (χ4v) is 8.76. The summed E-state index contributed by atoms with van der Waals surface area (Å²) in [6.07, 6.45) is 9.68. The van der Waals surface area contributed by atoms with Gasteiger partial charge < -0.3 is 14.7 Å². The number of carbonyl (C=O) groups excluding carboxylic acids is 4. The van der Waals surface area contributed by atoms with Gasteiger partial charge in [-0.05, 0) is 126 Å². The average molecular weight is 705 g/mol. The van der Waals surface area contributed by atoms with E-state index in [4.69, 9.17) is 4.52 Å². The second kappa shape index (κ2) is 14.2. The van der Waals surface area contributed by atoms with Gasteiger partial charge in [-0.2, -0.15) is 5.26 Å². The first-order chi connectivity index (χ1) is 25.0. The van der Waals surface area contributed by atoms with Gasteiger partial charge >= 0.3 is 0 Å². The Morgan fingerprint density at radius 2 is 1.69 bits per heavy atom. The van der Waals surface area contributed by atoms with Gasteiger partial charge in [0.1, 0.15) is 11.8 Å². The lowest BCUT2D eigenvalue weighted by Crippen LogP contribution is -2.54. The Labute approximate surface area is 305 Å². The van der Waals surface area contributed by atoms with Crippen LogP contribution in [0.25, 0.3) is 11.1 Å². The summed E-state index contributed by atoms with van der Waals surface area (Å²) in [7, 11) is 1.39. The van der Waals surface area contributed by atoms with E-state index in [0.29, 0.717) is 18.5 Å². The number of likely N-dealkylation sites (tertiary alicyclic amines) is 1.